The lowest BCUT2D eigenvalue weighted by atomic mass is 10.2. The molecule has 0 spiro atoms. The van der Waals surface area contributed by atoms with E-state index in [0.29, 0.717) is 25.1 Å². The smallest absolute Gasteiger partial charge is 0.226 e. The lowest BCUT2D eigenvalue weighted by Gasteiger charge is -2.14. The summed E-state index contributed by atoms with van der Waals surface area (Å²) < 4.78 is 4.06. The predicted molar refractivity (Wildman–Crippen MR) is 126 cm³/mol. The summed E-state index contributed by atoms with van der Waals surface area (Å²) in [4.78, 5) is 14.2. The van der Waals surface area contributed by atoms with Crippen LogP contribution < -0.4 is 16.4 Å². The summed E-state index contributed by atoms with van der Waals surface area (Å²) in [5.41, 5.74) is 9.77. The van der Waals surface area contributed by atoms with Crippen molar-refractivity contribution in [3.8, 4) is 5.69 Å². The topological polar surface area (TPSA) is 112 Å². The molecule has 0 amide bonds. The van der Waals surface area contributed by atoms with Crippen molar-refractivity contribution in [3.63, 3.8) is 0 Å². The van der Waals surface area contributed by atoms with E-state index in [9.17, 15) is 0 Å². The van der Waals surface area contributed by atoms with Crippen LogP contribution in [0.3, 0.4) is 0 Å². The minimum absolute atomic E-state index is 0.0127. The first kappa shape index (κ1) is 20.4. The molecule has 1 saturated carbocycles. The fourth-order valence-corrected chi connectivity index (χ4v) is 4.19. The first-order chi connectivity index (χ1) is 15.7. The zero-order valence-electron chi connectivity index (χ0n) is 18.3. The molecule has 1 aromatic carbocycles. The van der Waals surface area contributed by atoms with Gasteiger partial charge in [-0.3, -0.25) is 0 Å². The minimum atomic E-state index is 0.0127. The summed E-state index contributed by atoms with van der Waals surface area (Å²) >= 11 is 0. The van der Waals surface area contributed by atoms with Crippen molar-refractivity contribution in [1.29, 1.82) is 0 Å². The second-order valence-corrected chi connectivity index (χ2v) is 8.49. The number of anilines is 2. The number of hydrogen-bond donors (Lipinski definition) is 3. The molecule has 1 atom stereocenters. The standard InChI is InChI=1S/C23H29N9/c1-16(24)13-26-23-29-21(20-22(30-23)31(15-27-20)18-5-2-3-6-18)25-14-17-7-9-19(10-8-17)32-12-4-11-28-32/h4,7-12,15-16,18H,2-3,5-6,13-14,24H2,1H3,(H2,25,26,29,30). The van der Waals surface area contributed by atoms with Crippen LogP contribution in [0.4, 0.5) is 11.8 Å². The fourth-order valence-electron chi connectivity index (χ4n) is 4.19. The van der Waals surface area contributed by atoms with Crippen molar-refractivity contribution in [2.24, 2.45) is 5.73 Å². The predicted octanol–water partition coefficient (Wildman–Crippen LogP) is 3.50. The largest absolute Gasteiger partial charge is 0.364 e. The van der Waals surface area contributed by atoms with E-state index in [1.54, 1.807) is 6.20 Å². The molecule has 3 aromatic heterocycles. The van der Waals surface area contributed by atoms with Crippen LogP contribution in [-0.4, -0.2) is 41.9 Å². The molecule has 0 saturated heterocycles. The van der Waals surface area contributed by atoms with Crippen LogP contribution in [0.1, 0.15) is 44.2 Å². The number of nitrogens with zero attached hydrogens (tertiary/aromatic N) is 6. The lowest BCUT2D eigenvalue weighted by molar-refractivity contribution is 0.529. The number of benzene rings is 1. The summed E-state index contributed by atoms with van der Waals surface area (Å²) in [7, 11) is 0. The number of imidazole rings is 1. The SMILES string of the molecule is CC(N)CNc1nc(NCc2ccc(-n3cccn3)cc2)c2ncn(C3CCCC3)c2n1. The van der Waals surface area contributed by atoms with E-state index in [4.69, 9.17) is 15.7 Å². The molecule has 0 radical (unpaired) electrons. The van der Waals surface area contributed by atoms with E-state index in [-0.39, 0.29) is 6.04 Å². The third-order valence-corrected chi connectivity index (χ3v) is 5.89. The summed E-state index contributed by atoms with van der Waals surface area (Å²) in [6.45, 7) is 3.20. The third kappa shape index (κ3) is 4.29. The Balaban J connectivity index is 1.40. The van der Waals surface area contributed by atoms with Gasteiger partial charge in [-0.1, -0.05) is 25.0 Å². The van der Waals surface area contributed by atoms with Crippen LogP contribution in [-0.2, 0) is 6.54 Å². The molecule has 1 aliphatic rings. The van der Waals surface area contributed by atoms with Gasteiger partial charge in [0.1, 0.15) is 0 Å². The molecule has 9 heteroatoms. The molecule has 166 valence electrons. The van der Waals surface area contributed by atoms with Crippen LogP contribution in [0.15, 0.2) is 49.1 Å². The molecule has 4 aromatic rings. The van der Waals surface area contributed by atoms with Gasteiger partial charge in [0.15, 0.2) is 17.0 Å². The molecular weight excluding hydrogens is 402 g/mol. The molecule has 1 unspecified atom stereocenters. The normalized spacial score (nSPS) is 15.3. The van der Waals surface area contributed by atoms with E-state index in [0.717, 1.165) is 28.2 Å². The van der Waals surface area contributed by atoms with E-state index >= 15 is 0 Å². The maximum Gasteiger partial charge on any atom is 0.226 e. The molecule has 5 rings (SSSR count). The Hall–Kier alpha value is -3.46. The average Bonchev–Trinajstić information content (AvgIpc) is 3.57. The van der Waals surface area contributed by atoms with Crippen LogP contribution in [0.2, 0.25) is 0 Å². The number of hydrogen-bond acceptors (Lipinski definition) is 7. The Labute approximate surface area is 187 Å². The Kier molecular flexibility index (Phi) is 5.72. The molecular formula is C23H29N9. The van der Waals surface area contributed by atoms with Gasteiger partial charge < -0.3 is 20.9 Å². The van der Waals surface area contributed by atoms with Crippen molar-refractivity contribution in [2.75, 3.05) is 17.2 Å². The van der Waals surface area contributed by atoms with Crippen molar-refractivity contribution < 1.29 is 0 Å². The maximum atomic E-state index is 5.92. The Morgan fingerprint density at radius 2 is 1.94 bits per heavy atom. The Morgan fingerprint density at radius 3 is 2.66 bits per heavy atom. The van der Waals surface area contributed by atoms with E-state index in [2.05, 4.69) is 49.5 Å². The fraction of sp³-hybridized carbons (Fsp3) is 0.391. The Bertz CT molecular complexity index is 1160. The number of aromatic nitrogens is 6. The van der Waals surface area contributed by atoms with Gasteiger partial charge in [0.25, 0.3) is 0 Å². The maximum absolute atomic E-state index is 5.92. The monoisotopic (exact) mass is 431 g/mol. The first-order valence-electron chi connectivity index (χ1n) is 11.2. The van der Waals surface area contributed by atoms with Crippen LogP contribution in [0.25, 0.3) is 16.9 Å². The molecule has 0 aliphatic heterocycles. The number of rotatable bonds is 8. The summed E-state index contributed by atoms with van der Waals surface area (Å²) in [6, 6.07) is 10.7. The highest BCUT2D eigenvalue weighted by atomic mass is 15.3. The van der Waals surface area contributed by atoms with Crippen molar-refractivity contribution in [2.45, 2.75) is 51.2 Å². The van der Waals surface area contributed by atoms with Crippen LogP contribution in [0.5, 0.6) is 0 Å². The zero-order chi connectivity index (χ0) is 21.9. The van der Waals surface area contributed by atoms with Crippen LogP contribution in [0, 0.1) is 0 Å². The first-order valence-corrected chi connectivity index (χ1v) is 11.2. The van der Waals surface area contributed by atoms with Gasteiger partial charge in [-0.25, -0.2) is 9.67 Å². The van der Waals surface area contributed by atoms with Crippen molar-refractivity contribution >= 4 is 22.9 Å². The van der Waals surface area contributed by atoms with E-state index in [1.165, 1.54) is 25.7 Å². The molecule has 9 nitrogen and oxygen atoms in total. The molecule has 1 fully saturated rings. The number of fused-ring (bicyclic) bond motifs is 1. The lowest BCUT2D eigenvalue weighted by Crippen LogP contribution is -2.26. The summed E-state index contributed by atoms with van der Waals surface area (Å²) in [5.74, 6) is 1.31. The van der Waals surface area contributed by atoms with Crippen LogP contribution >= 0.6 is 0 Å². The van der Waals surface area contributed by atoms with E-state index in [1.807, 2.05) is 30.2 Å². The van der Waals surface area contributed by atoms with Gasteiger partial charge in [-0.15, -0.1) is 0 Å². The van der Waals surface area contributed by atoms with Crippen molar-refractivity contribution in [3.05, 3.63) is 54.6 Å². The Morgan fingerprint density at radius 1 is 1.12 bits per heavy atom. The molecule has 1 aliphatic carbocycles. The minimum Gasteiger partial charge on any atom is -0.364 e. The van der Waals surface area contributed by atoms with E-state index < -0.39 is 0 Å². The zero-order valence-corrected chi connectivity index (χ0v) is 18.3. The highest BCUT2D eigenvalue weighted by molar-refractivity contribution is 5.84. The third-order valence-electron chi connectivity index (χ3n) is 5.89. The summed E-state index contributed by atoms with van der Waals surface area (Å²) in [6.07, 6.45) is 10.5. The van der Waals surface area contributed by atoms with Gasteiger partial charge >= 0.3 is 0 Å². The average molecular weight is 432 g/mol. The van der Waals surface area contributed by atoms with Crippen molar-refractivity contribution in [1.82, 2.24) is 29.3 Å². The molecule has 0 bridgehead atoms. The molecule has 32 heavy (non-hydrogen) atoms. The number of nitrogens with two attached hydrogens (primary N) is 1. The summed E-state index contributed by atoms with van der Waals surface area (Å²) in [5, 5.41) is 11.0. The van der Waals surface area contributed by atoms with Gasteiger partial charge in [-0.2, -0.15) is 15.1 Å². The van der Waals surface area contributed by atoms with Gasteiger partial charge in [-0.05, 0) is 43.5 Å². The highest BCUT2D eigenvalue weighted by Crippen LogP contribution is 2.33. The molecule has 3 heterocycles. The molecule has 4 N–H and O–H groups in total. The quantitative estimate of drug-likeness (QED) is 0.391. The number of nitrogens with one attached hydrogen (secondary N) is 2. The second kappa shape index (κ2) is 8.96. The van der Waals surface area contributed by atoms with Gasteiger partial charge in [0, 0.05) is 37.6 Å². The second-order valence-electron chi connectivity index (χ2n) is 8.49. The van der Waals surface area contributed by atoms with Gasteiger partial charge in [0.05, 0.1) is 12.0 Å². The highest BCUT2D eigenvalue weighted by Gasteiger charge is 2.22. The van der Waals surface area contributed by atoms with Gasteiger partial charge in [0.2, 0.25) is 5.95 Å².